The van der Waals surface area contributed by atoms with Gasteiger partial charge in [0, 0.05) is 5.69 Å². The Morgan fingerprint density at radius 1 is 0.931 bits per heavy atom. The van der Waals surface area contributed by atoms with Crippen LogP contribution in [0.2, 0.25) is 0 Å². The molecule has 3 aromatic carbocycles. The predicted octanol–water partition coefficient (Wildman–Crippen LogP) is 3.44. The zero-order valence-corrected chi connectivity index (χ0v) is 16.1. The standard InChI is InChI=1S/C22H25N3O4/c1-2-25(26)28-14-4-3-13-27-21-11-8-20(9-12-21)24-29-22-10-6-17-15-19(23)7-5-18(17)16-22/h2,5-12,15-16,24-25H,1,3-4,13-14,23H2. The number of hydrogen-bond donors (Lipinski definition) is 3. The first-order valence-corrected chi connectivity index (χ1v) is 9.38. The number of benzene rings is 3. The Kier molecular flexibility index (Phi) is 7.29. The number of quaternary nitrogens is 1. The Labute approximate surface area is 169 Å². The lowest BCUT2D eigenvalue weighted by Crippen LogP contribution is -3.01. The first-order chi connectivity index (χ1) is 14.1. The summed E-state index contributed by atoms with van der Waals surface area (Å²) in [6, 6.07) is 19.1. The lowest BCUT2D eigenvalue weighted by molar-refractivity contribution is -1.01. The van der Waals surface area contributed by atoms with Gasteiger partial charge in [-0.1, -0.05) is 12.1 Å². The van der Waals surface area contributed by atoms with E-state index in [1.165, 1.54) is 0 Å². The molecular formula is C22H25N3O4. The van der Waals surface area contributed by atoms with Gasteiger partial charge in [-0.15, -0.1) is 0 Å². The van der Waals surface area contributed by atoms with Crippen LogP contribution in [0.1, 0.15) is 12.8 Å². The van der Waals surface area contributed by atoms with E-state index in [4.69, 9.17) is 20.1 Å². The summed E-state index contributed by atoms with van der Waals surface area (Å²) in [7, 11) is 0. The Hall–Kier alpha value is -3.26. The molecule has 0 radical (unpaired) electrons. The molecule has 0 spiro atoms. The van der Waals surface area contributed by atoms with Crippen molar-refractivity contribution >= 4 is 22.1 Å². The molecule has 4 N–H and O–H groups in total. The quantitative estimate of drug-likeness (QED) is 0.262. The summed E-state index contributed by atoms with van der Waals surface area (Å²) in [5.74, 6) is 1.47. The van der Waals surface area contributed by atoms with Crippen molar-refractivity contribution in [2.24, 2.45) is 0 Å². The largest absolute Gasteiger partial charge is 0.595 e. The average molecular weight is 395 g/mol. The average Bonchev–Trinajstić information content (AvgIpc) is 2.75. The van der Waals surface area contributed by atoms with Gasteiger partial charge in [0.15, 0.2) is 5.75 Å². The number of fused-ring (bicyclic) bond motifs is 1. The molecule has 1 unspecified atom stereocenters. The van der Waals surface area contributed by atoms with Crippen molar-refractivity contribution in [1.82, 2.24) is 0 Å². The minimum Gasteiger partial charge on any atom is -0.595 e. The van der Waals surface area contributed by atoms with Crippen LogP contribution in [0.15, 0.2) is 73.4 Å². The number of hydrogen-bond acceptors (Lipinski definition) is 6. The van der Waals surface area contributed by atoms with Gasteiger partial charge in [-0.25, -0.2) is 5.48 Å². The number of nitrogen functional groups attached to an aromatic ring is 1. The number of ether oxygens (including phenoxy) is 1. The smallest absolute Gasteiger partial charge is 0.155 e. The van der Waals surface area contributed by atoms with E-state index >= 15 is 0 Å². The summed E-state index contributed by atoms with van der Waals surface area (Å²) >= 11 is 0. The van der Waals surface area contributed by atoms with Crippen LogP contribution in [0.5, 0.6) is 11.5 Å². The summed E-state index contributed by atoms with van der Waals surface area (Å²) < 4.78 is 5.68. The molecule has 1 atom stereocenters. The van der Waals surface area contributed by atoms with Gasteiger partial charge in [-0.2, -0.15) is 10.1 Å². The maximum atomic E-state index is 10.9. The van der Waals surface area contributed by atoms with Gasteiger partial charge in [0.2, 0.25) is 0 Å². The van der Waals surface area contributed by atoms with Gasteiger partial charge in [0.05, 0.1) is 12.3 Å². The summed E-state index contributed by atoms with van der Waals surface area (Å²) in [6.45, 7) is 4.27. The van der Waals surface area contributed by atoms with Crippen molar-refractivity contribution in [3.05, 3.63) is 78.6 Å². The fourth-order valence-electron chi connectivity index (χ4n) is 2.67. The van der Waals surface area contributed by atoms with E-state index in [2.05, 4.69) is 12.1 Å². The second-order valence-electron chi connectivity index (χ2n) is 6.42. The maximum Gasteiger partial charge on any atom is 0.155 e. The van der Waals surface area contributed by atoms with Crippen LogP contribution >= 0.6 is 0 Å². The van der Waals surface area contributed by atoms with Crippen LogP contribution in [-0.4, -0.2) is 13.2 Å². The summed E-state index contributed by atoms with van der Waals surface area (Å²) in [5.41, 5.74) is 10.3. The molecule has 0 aliphatic carbocycles. The van der Waals surface area contributed by atoms with Gasteiger partial charge in [0.25, 0.3) is 0 Å². The molecule has 0 fully saturated rings. The highest BCUT2D eigenvalue weighted by atomic mass is 16.9. The molecule has 0 heterocycles. The lowest BCUT2D eigenvalue weighted by atomic mass is 10.1. The molecule has 0 bridgehead atoms. The highest BCUT2D eigenvalue weighted by Crippen LogP contribution is 2.23. The first kappa shape index (κ1) is 20.5. The maximum absolute atomic E-state index is 10.9. The van der Waals surface area contributed by atoms with Crippen LogP contribution in [-0.2, 0) is 4.84 Å². The topological polar surface area (TPSA) is 93.2 Å². The molecular weight excluding hydrogens is 370 g/mol. The van der Waals surface area contributed by atoms with E-state index in [0.29, 0.717) is 19.0 Å². The number of nitrogens with two attached hydrogens (primary N) is 1. The number of rotatable bonds is 11. The van der Waals surface area contributed by atoms with E-state index in [0.717, 1.165) is 46.9 Å². The molecule has 0 saturated carbocycles. The van der Waals surface area contributed by atoms with Crippen molar-refractivity contribution in [2.45, 2.75) is 12.8 Å². The van der Waals surface area contributed by atoms with Crippen molar-refractivity contribution < 1.29 is 19.6 Å². The van der Waals surface area contributed by atoms with E-state index in [1.807, 2.05) is 60.7 Å². The second-order valence-corrected chi connectivity index (χ2v) is 6.42. The molecule has 0 saturated heterocycles. The van der Waals surface area contributed by atoms with Crippen LogP contribution in [0.25, 0.3) is 10.8 Å². The summed E-state index contributed by atoms with van der Waals surface area (Å²) in [6.07, 6.45) is 2.69. The fraction of sp³-hybridized carbons (Fsp3) is 0.182. The fourth-order valence-corrected chi connectivity index (χ4v) is 2.67. The molecule has 3 rings (SSSR count). The Balaban J connectivity index is 1.41. The highest BCUT2D eigenvalue weighted by molar-refractivity contribution is 5.86. The van der Waals surface area contributed by atoms with E-state index in [9.17, 15) is 5.21 Å². The van der Waals surface area contributed by atoms with E-state index in [-0.39, 0.29) is 0 Å². The molecule has 0 aliphatic heterocycles. The predicted molar refractivity (Wildman–Crippen MR) is 114 cm³/mol. The number of nitrogens with one attached hydrogen (secondary N) is 2. The van der Waals surface area contributed by atoms with Crippen LogP contribution < -0.4 is 26.0 Å². The third-order valence-corrected chi connectivity index (χ3v) is 4.20. The minimum absolute atomic E-state index is 0.372. The third-order valence-electron chi connectivity index (χ3n) is 4.20. The van der Waals surface area contributed by atoms with Crippen molar-refractivity contribution in [3.8, 4) is 11.5 Å². The molecule has 3 aromatic rings. The Morgan fingerprint density at radius 3 is 2.41 bits per heavy atom. The normalized spacial score (nSPS) is 11.8. The van der Waals surface area contributed by atoms with E-state index in [1.54, 1.807) is 0 Å². The van der Waals surface area contributed by atoms with Gasteiger partial charge in [0.1, 0.15) is 18.6 Å². The molecule has 7 heteroatoms. The van der Waals surface area contributed by atoms with Crippen LogP contribution in [0, 0.1) is 5.21 Å². The Morgan fingerprint density at radius 2 is 1.62 bits per heavy atom. The molecule has 0 amide bonds. The minimum atomic E-state index is -0.399. The number of unbranched alkanes of at least 4 members (excludes halogenated alkanes) is 1. The molecule has 0 aromatic heterocycles. The van der Waals surface area contributed by atoms with Gasteiger partial charge in [-0.3, -0.25) is 0 Å². The van der Waals surface area contributed by atoms with E-state index < -0.39 is 5.23 Å². The SMILES string of the molecule is C=C[NH+]([O-])OCCCCOc1ccc(NOc2ccc3cc(N)ccc3c2)cc1. The zero-order valence-electron chi connectivity index (χ0n) is 16.1. The monoisotopic (exact) mass is 395 g/mol. The highest BCUT2D eigenvalue weighted by Gasteiger charge is 2.01. The van der Waals surface area contributed by atoms with Crippen LogP contribution in [0.3, 0.4) is 0 Å². The first-order valence-electron chi connectivity index (χ1n) is 9.38. The molecule has 7 nitrogen and oxygen atoms in total. The Bertz CT molecular complexity index is 931. The number of anilines is 2. The van der Waals surface area contributed by atoms with Gasteiger partial charge >= 0.3 is 0 Å². The zero-order chi connectivity index (χ0) is 20.5. The molecule has 29 heavy (non-hydrogen) atoms. The van der Waals surface area contributed by atoms with Gasteiger partial charge < -0.3 is 20.5 Å². The van der Waals surface area contributed by atoms with Crippen molar-refractivity contribution in [2.75, 3.05) is 24.4 Å². The summed E-state index contributed by atoms with van der Waals surface area (Å²) in [4.78, 5) is 10.6. The summed E-state index contributed by atoms with van der Waals surface area (Å²) in [5, 5.41) is 12.6. The second kappa shape index (κ2) is 10.3. The van der Waals surface area contributed by atoms with Crippen molar-refractivity contribution in [1.29, 1.82) is 0 Å². The molecule has 0 aliphatic rings. The van der Waals surface area contributed by atoms with Crippen molar-refractivity contribution in [3.63, 3.8) is 0 Å². The molecule has 152 valence electrons. The third kappa shape index (κ3) is 6.39. The lowest BCUT2D eigenvalue weighted by Gasteiger charge is -2.14. The van der Waals surface area contributed by atoms with Crippen LogP contribution in [0.4, 0.5) is 11.4 Å². The number of hydroxylamine groups is 2. The van der Waals surface area contributed by atoms with Gasteiger partial charge in [-0.05, 0) is 78.7 Å².